The van der Waals surface area contributed by atoms with E-state index in [1.807, 2.05) is 19.3 Å². The highest BCUT2D eigenvalue weighted by Gasteiger charge is 2.26. The van der Waals surface area contributed by atoms with Gasteiger partial charge in [0.2, 0.25) is 0 Å². The lowest BCUT2D eigenvalue weighted by Gasteiger charge is -2.24. The molecular formula is C22H27N9. The maximum Gasteiger partial charge on any atom is 0.165 e. The number of anilines is 1. The molecule has 4 heterocycles. The van der Waals surface area contributed by atoms with Gasteiger partial charge in [0.05, 0.1) is 11.3 Å². The minimum atomic E-state index is 0.277. The summed E-state index contributed by atoms with van der Waals surface area (Å²) < 4.78 is 2.09. The predicted molar refractivity (Wildman–Crippen MR) is 119 cm³/mol. The summed E-state index contributed by atoms with van der Waals surface area (Å²) in [7, 11) is 0. The van der Waals surface area contributed by atoms with Crippen LogP contribution in [-0.2, 0) is 19.4 Å². The lowest BCUT2D eigenvalue weighted by Crippen LogP contribution is -2.28. The van der Waals surface area contributed by atoms with Crippen molar-refractivity contribution in [2.75, 3.05) is 5.32 Å². The van der Waals surface area contributed by atoms with E-state index < -0.39 is 0 Å². The van der Waals surface area contributed by atoms with E-state index in [-0.39, 0.29) is 6.04 Å². The third kappa shape index (κ3) is 3.43. The van der Waals surface area contributed by atoms with Crippen LogP contribution in [0.4, 0.5) is 5.82 Å². The van der Waals surface area contributed by atoms with Gasteiger partial charge < -0.3 is 9.88 Å². The highest BCUT2D eigenvalue weighted by atomic mass is 15.2. The number of H-pyrrole nitrogens is 1. The molecule has 0 aromatic carbocycles. The number of imidazole rings is 1. The van der Waals surface area contributed by atoms with Crippen LogP contribution >= 0.6 is 0 Å². The maximum atomic E-state index is 4.91. The number of aromatic amines is 1. The number of rotatable bonds is 5. The van der Waals surface area contributed by atoms with Crippen molar-refractivity contribution in [2.45, 2.75) is 65.5 Å². The molecule has 31 heavy (non-hydrogen) atoms. The molecule has 0 bridgehead atoms. The first-order chi connectivity index (χ1) is 15.0. The van der Waals surface area contributed by atoms with Gasteiger partial charge in [0.15, 0.2) is 17.0 Å². The van der Waals surface area contributed by atoms with Gasteiger partial charge in [-0.2, -0.15) is 5.10 Å². The minimum Gasteiger partial charge on any atom is -0.365 e. The Morgan fingerprint density at radius 2 is 2.00 bits per heavy atom. The van der Waals surface area contributed by atoms with Crippen LogP contribution in [0.25, 0.3) is 22.6 Å². The Kier molecular flexibility index (Phi) is 4.88. The van der Waals surface area contributed by atoms with Crippen molar-refractivity contribution in [1.82, 2.24) is 39.7 Å². The van der Waals surface area contributed by atoms with Gasteiger partial charge in [0.1, 0.15) is 18.0 Å². The van der Waals surface area contributed by atoms with Crippen LogP contribution in [0.1, 0.15) is 55.9 Å². The molecule has 0 saturated heterocycles. The Labute approximate surface area is 180 Å². The molecule has 0 saturated carbocycles. The summed E-state index contributed by atoms with van der Waals surface area (Å²) >= 11 is 0. The van der Waals surface area contributed by atoms with Gasteiger partial charge in [0.25, 0.3) is 0 Å². The topological polar surface area (TPSA) is 110 Å². The van der Waals surface area contributed by atoms with Gasteiger partial charge in [-0.15, -0.1) is 0 Å². The van der Waals surface area contributed by atoms with Crippen molar-refractivity contribution < 1.29 is 0 Å². The Morgan fingerprint density at radius 1 is 1.19 bits per heavy atom. The standard InChI is InChI=1S/C22H27N9/c1-5-31-21(14-9-23-13(4)24-10-14)28-19-20(25-11-26-22(19)31)27-15-6-7-17-16(8-15)18(12(2)3)30-29-17/h9-12,15H,5-8H2,1-4H3,(H,29,30)(H,25,26,27)/t15-/m1/s1. The van der Waals surface area contributed by atoms with Crippen LogP contribution in [0.5, 0.6) is 0 Å². The highest BCUT2D eigenvalue weighted by Crippen LogP contribution is 2.30. The SMILES string of the molecule is CCn1c(-c2cnc(C)nc2)nc2c(N[C@@H]3CCc4[nH]nc(C(C)C)c4C3)ncnc21. The molecule has 0 fully saturated rings. The molecule has 5 rings (SSSR count). The molecule has 4 aromatic heterocycles. The van der Waals surface area contributed by atoms with Crippen LogP contribution in [0.15, 0.2) is 18.7 Å². The zero-order valence-electron chi connectivity index (χ0n) is 18.3. The summed E-state index contributed by atoms with van der Waals surface area (Å²) in [5.41, 5.74) is 6.26. The van der Waals surface area contributed by atoms with Crippen LogP contribution < -0.4 is 5.32 Å². The summed E-state index contributed by atoms with van der Waals surface area (Å²) in [4.78, 5) is 22.6. The Hall–Kier alpha value is -3.36. The van der Waals surface area contributed by atoms with Crippen molar-refractivity contribution in [2.24, 2.45) is 0 Å². The van der Waals surface area contributed by atoms with E-state index in [1.54, 1.807) is 6.33 Å². The molecule has 1 aliphatic rings. The van der Waals surface area contributed by atoms with E-state index in [2.05, 4.69) is 60.8 Å². The van der Waals surface area contributed by atoms with Gasteiger partial charge >= 0.3 is 0 Å². The van der Waals surface area contributed by atoms with E-state index in [0.29, 0.717) is 5.92 Å². The van der Waals surface area contributed by atoms with Crippen molar-refractivity contribution in [3.05, 3.63) is 41.5 Å². The zero-order chi connectivity index (χ0) is 21.5. The fourth-order valence-corrected chi connectivity index (χ4v) is 4.38. The van der Waals surface area contributed by atoms with Crippen LogP contribution in [0, 0.1) is 6.92 Å². The average Bonchev–Trinajstić information content (AvgIpc) is 3.36. The molecule has 0 unspecified atom stereocenters. The van der Waals surface area contributed by atoms with E-state index in [0.717, 1.165) is 60.0 Å². The largest absolute Gasteiger partial charge is 0.365 e. The molecule has 2 N–H and O–H groups in total. The van der Waals surface area contributed by atoms with E-state index in [9.17, 15) is 0 Å². The fourth-order valence-electron chi connectivity index (χ4n) is 4.38. The first kappa shape index (κ1) is 19.6. The monoisotopic (exact) mass is 417 g/mol. The molecule has 9 nitrogen and oxygen atoms in total. The summed E-state index contributed by atoms with van der Waals surface area (Å²) in [6.45, 7) is 9.09. The smallest absolute Gasteiger partial charge is 0.165 e. The third-order valence-electron chi connectivity index (χ3n) is 5.95. The van der Waals surface area contributed by atoms with Crippen molar-refractivity contribution in [1.29, 1.82) is 0 Å². The summed E-state index contributed by atoms with van der Waals surface area (Å²) in [6, 6.07) is 0.277. The number of hydrogen-bond acceptors (Lipinski definition) is 7. The Morgan fingerprint density at radius 3 is 2.74 bits per heavy atom. The highest BCUT2D eigenvalue weighted by molar-refractivity contribution is 5.86. The summed E-state index contributed by atoms with van der Waals surface area (Å²) in [5.74, 6) is 2.73. The van der Waals surface area contributed by atoms with Crippen molar-refractivity contribution in [3.8, 4) is 11.4 Å². The van der Waals surface area contributed by atoms with Gasteiger partial charge in [0, 0.05) is 30.7 Å². The molecule has 1 aliphatic carbocycles. The van der Waals surface area contributed by atoms with Gasteiger partial charge in [-0.1, -0.05) is 13.8 Å². The molecule has 4 aromatic rings. The predicted octanol–water partition coefficient (Wildman–Crippen LogP) is 3.43. The number of fused-ring (bicyclic) bond motifs is 2. The maximum absolute atomic E-state index is 4.91. The number of nitrogens with zero attached hydrogens (tertiary/aromatic N) is 7. The van der Waals surface area contributed by atoms with Gasteiger partial charge in [-0.05, 0) is 44.6 Å². The number of aryl methyl sites for hydroxylation is 3. The molecule has 9 heteroatoms. The molecule has 0 radical (unpaired) electrons. The first-order valence-electron chi connectivity index (χ1n) is 10.9. The van der Waals surface area contributed by atoms with Crippen LogP contribution in [0.3, 0.4) is 0 Å². The number of aromatic nitrogens is 8. The molecule has 1 atom stereocenters. The van der Waals surface area contributed by atoms with Gasteiger partial charge in [-0.25, -0.2) is 24.9 Å². The second kappa shape index (κ2) is 7.72. The van der Waals surface area contributed by atoms with Crippen LogP contribution in [0.2, 0.25) is 0 Å². The van der Waals surface area contributed by atoms with Crippen molar-refractivity contribution >= 4 is 17.0 Å². The second-order valence-corrected chi connectivity index (χ2v) is 8.40. The number of hydrogen-bond donors (Lipinski definition) is 2. The van der Waals surface area contributed by atoms with E-state index >= 15 is 0 Å². The van der Waals surface area contributed by atoms with Gasteiger partial charge in [-0.3, -0.25) is 5.10 Å². The Balaban J connectivity index is 1.49. The third-order valence-corrected chi connectivity index (χ3v) is 5.95. The molecule has 0 amide bonds. The quantitative estimate of drug-likeness (QED) is 0.512. The Bertz CT molecular complexity index is 1220. The first-order valence-corrected chi connectivity index (χ1v) is 10.9. The van der Waals surface area contributed by atoms with E-state index in [4.69, 9.17) is 4.98 Å². The number of nitrogens with one attached hydrogen (secondary N) is 2. The van der Waals surface area contributed by atoms with Crippen LogP contribution in [-0.4, -0.2) is 45.7 Å². The minimum absolute atomic E-state index is 0.277. The van der Waals surface area contributed by atoms with E-state index in [1.165, 1.54) is 17.0 Å². The van der Waals surface area contributed by atoms with Crippen molar-refractivity contribution in [3.63, 3.8) is 0 Å². The average molecular weight is 418 g/mol. The lowest BCUT2D eigenvalue weighted by molar-refractivity contribution is 0.598. The zero-order valence-corrected chi connectivity index (χ0v) is 18.3. The molecular weight excluding hydrogens is 390 g/mol. The molecule has 0 spiro atoms. The normalized spacial score (nSPS) is 16.1. The summed E-state index contributed by atoms with van der Waals surface area (Å²) in [6.07, 6.45) is 8.16. The molecule has 0 aliphatic heterocycles. The fraction of sp³-hybridized carbons (Fsp3) is 0.455. The summed E-state index contributed by atoms with van der Waals surface area (Å²) in [5, 5.41) is 11.4. The lowest BCUT2D eigenvalue weighted by atomic mass is 9.89. The second-order valence-electron chi connectivity index (χ2n) is 8.40. The molecule has 160 valence electrons.